The molecule has 0 aliphatic carbocycles. The molecule has 0 aliphatic heterocycles. The molecule has 0 saturated carbocycles. The van der Waals surface area contributed by atoms with E-state index in [-0.39, 0.29) is 5.69 Å². The number of rotatable bonds is 4. The first-order valence-corrected chi connectivity index (χ1v) is 6.60. The van der Waals surface area contributed by atoms with E-state index in [0.29, 0.717) is 5.69 Å². The number of hydrogen-bond acceptors (Lipinski definition) is 3. The molecule has 6 nitrogen and oxygen atoms in total. The average molecular weight is 297 g/mol. The molecule has 0 aromatic heterocycles. The van der Waals surface area contributed by atoms with Crippen LogP contribution in [-0.4, -0.2) is 11.0 Å². The summed E-state index contributed by atoms with van der Waals surface area (Å²) in [5.41, 5.74) is 2.60. The Labute approximate surface area is 127 Å². The second-order valence-electron chi connectivity index (χ2n) is 4.65. The number of carbonyl (C=O) groups excluding carboxylic acids is 1. The Bertz CT molecular complexity index is 692. The Kier molecular flexibility index (Phi) is 4.87. The summed E-state index contributed by atoms with van der Waals surface area (Å²) in [6.45, 7) is 2.00. The molecule has 0 spiro atoms. The number of hydrogen-bond donors (Lipinski definition) is 2. The van der Waals surface area contributed by atoms with Crippen LogP contribution in [0, 0.1) is 17.0 Å². The highest BCUT2D eigenvalue weighted by atomic mass is 16.6. The van der Waals surface area contributed by atoms with Crippen LogP contribution in [0.1, 0.15) is 11.1 Å². The molecule has 2 N–H and O–H groups in total. The number of nitrogens with zero attached hydrogens (tertiary/aromatic N) is 1. The van der Waals surface area contributed by atoms with Crippen molar-refractivity contribution in [1.29, 1.82) is 0 Å². The number of non-ortho nitro benzene ring substituents is 1. The smallest absolute Gasteiger partial charge is 0.314 e. The Hall–Kier alpha value is -3.15. The molecule has 2 aromatic carbocycles. The molecule has 22 heavy (non-hydrogen) atoms. The standard InChI is InChI=1S/C16H15N3O3/c1-12-2-4-13(5-3-12)10-11-17-16(20)18-14-6-8-15(9-7-14)19(21)22/h2-11H,1H3,(H2,17,18,20)/b11-10+. The van der Waals surface area contributed by atoms with Crippen molar-refractivity contribution in [2.24, 2.45) is 0 Å². The fourth-order valence-electron chi connectivity index (χ4n) is 1.72. The van der Waals surface area contributed by atoms with E-state index >= 15 is 0 Å². The first kappa shape index (κ1) is 15.2. The number of carbonyl (C=O) groups is 1. The predicted octanol–water partition coefficient (Wildman–Crippen LogP) is 3.70. The van der Waals surface area contributed by atoms with Crippen molar-refractivity contribution in [3.8, 4) is 0 Å². The first-order chi connectivity index (χ1) is 10.5. The molecule has 0 fully saturated rings. The van der Waals surface area contributed by atoms with Crippen LogP contribution in [0.15, 0.2) is 54.7 Å². The van der Waals surface area contributed by atoms with E-state index in [1.54, 1.807) is 6.08 Å². The van der Waals surface area contributed by atoms with Gasteiger partial charge in [-0.3, -0.25) is 10.1 Å². The molecule has 0 atom stereocenters. The lowest BCUT2D eigenvalue weighted by atomic mass is 10.1. The van der Waals surface area contributed by atoms with E-state index in [2.05, 4.69) is 10.6 Å². The van der Waals surface area contributed by atoms with Gasteiger partial charge in [0.15, 0.2) is 0 Å². The van der Waals surface area contributed by atoms with E-state index in [1.807, 2.05) is 31.2 Å². The van der Waals surface area contributed by atoms with Crippen LogP contribution in [-0.2, 0) is 0 Å². The highest BCUT2D eigenvalue weighted by Crippen LogP contribution is 2.15. The van der Waals surface area contributed by atoms with Crippen LogP contribution in [0.25, 0.3) is 6.08 Å². The Balaban J connectivity index is 1.87. The molecular formula is C16H15N3O3. The SMILES string of the molecule is Cc1ccc(/C=C/NC(=O)Nc2ccc([N+](=O)[O-])cc2)cc1. The highest BCUT2D eigenvalue weighted by molar-refractivity contribution is 5.90. The summed E-state index contributed by atoms with van der Waals surface area (Å²) in [4.78, 5) is 21.7. The zero-order chi connectivity index (χ0) is 15.9. The van der Waals surface area contributed by atoms with Gasteiger partial charge in [0.25, 0.3) is 5.69 Å². The fraction of sp³-hybridized carbons (Fsp3) is 0.0625. The van der Waals surface area contributed by atoms with Crippen molar-refractivity contribution in [3.05, 3.63) is 76.0 Å². The van der Waals surface area contributed by atoms with E-state index < -0.39 is 11.0 Å². The summed E-state index contributed by atoms with van der Waals surface area (Å²) in [7, 11) is 0. The maximum absolute atomic E-state index is 11.7. The summed E-state index contributed by atoms with van der Waals surface area (Å²) in [6.07, 6.45) is 3.31. The Morgan fingerprint density at radius 2 is 1.73 bits per heavy atom. The van der Waals surface area contributed by atoms with E-state index in [4.69, 9.17) is 0 Å². The van der Waals surface area contributed by atoms with Gasteiger partial charge in [0.2, 0.25) is 0 Å². The Morgan fingerprint density at radius 3 is 2.32 bits per heavy atom. The molecule has 2 amide bonds. The van der Waals surface area contributed by atoms with Gasteiger partial charge in [-0.05, 0) is 30.7 Å². The van der Waals surface area contributed by atoms with Crippen molar-refractivity contribution in [2.45, 2.75) is 6.92 Å². The lowest BCUT2D eigenvalue weighted by Crippen LogP contribution is -2.23. The van der Waals surface area contributed by atoms with Crippen LogP contribution in [0.2, 0.25) is 0 Å². The molecule has 0 heterocycles. The van der Waals surface area contributed by atoms with Gasteiger partial charge in [0, 0.05) is 24.0 Å². The van der Waals surface area contributed by atoms with Gasteiger partial charge >= 0.3 is 6.03 Å². The molecule has 6 heteroatoms. The van der Waals surface area contributed by atoms with Crippen LogP contribution in [0.5, 0.6) is 0 Å². The molecule has 0 saturated heterocycles. The number of amides is 2. The second-order valence-corrected chi connectivity index (χ2v) is 4.65. The average Bonchev–Trinajstić information content (AvgIpc) is 2.50. The molecular weight excluding hydrogens is 282 g/mol. The van der Waals surface area contributed by atoms with Gasteiger partial charge < -0.3 is 10.6 Å². The second kappa shape index (κ2) is 7.03. The van der Waals surface area contributed by atoms with Gasteiger partial charge in [-0.1, -0.05) is 29.8 Å². The molecule has 0 radical (unpaired) electrons. The summed E-state index contributed by atoms with van der Waals surface area (Å²) in [5.74, 6) is 0. The van der Waals surface area contributed by atoms with Crippen molar-refractivity contribution < 1.29 is 9.72 Å². The summed E-state index contributed by atoms with van der Waals surface area (Å²) >= 11 is 0. The number of benzene rings is 2. The maximum Gasteiger partial charge on any atom is 0.323 e. The third-order valence-corrected chi connectivity index (χ3v) is 2.90. The third kappa shape index (κ3) is 4.45. The van der Waals surface area contributed by atoms with Crippen molar-refractivity contribution >= 4 is 23.5 Å². The molecule has 112 valence electrons. The van der Waals surface area contributed by atoms with Gasteiger partial charge in [-0.25, -0.2) is 4.79 Å². The molecule has 2 aromatic rings. The van der Waals surface area contributed by atoms with Crippen LogP contribution in [0.4, 0.5) is 16.2 Å². The van der Waals surface area contributed by atoms with Gasteiger partial charge in [0.05, 0.1) is 4.92 Å². The zero-order valence-electron chi connectivity index (χ0n) is 11.9. The third-order valence-electron chi connectivity index (χ3n) is 2.90. The summed E-state index contributed by atoms with van der Waals surface area (Å²) in [5, 5.41) is 15.7. The number of nitro groups is 1. The number of urea groups is 1. The summed E-state index contributed by atoms with van der Waals surface area (Å²) in [6, 6.07) is 13.0. The topological polar surface area (TPSA) is 84.3 Å². The number of nitro benzene ring substituents is 1. The minimum absolute atomic E-state index is 0.0229. The van der Waals surface area contributed by atoms with Crippen LogP contribution >= 0.6 is 0 Å². The molecule has 0 unspecified atom stereocenters. The fourth-order valence-corrected chi connectivity index (χ4v) is 1.72. The van der Waals surface area contributed by atoms with E-state index in [9.17, 15) is 14.9 Å². The monoisotopic (exact) mass is 297 g/mol. The number of nitrogens with one attached hydrogen (secondary N) is 2. The van der Waals surface area contributed by atoms with Crippen molar-refractivity contribution in [2.75, 3.05) is 5.32 Å². The normalized spacial score (nSPS) is 10.4. The number of aryl methyl sites for hydroxylation is 1. The van der Waals surface area contributed by atoms with E-state index in [1.165, 1.54) is 36.0 Å². The van der Waals surface area contributed by atoms with Gasteiger partial charge in [0.1, 0.15) is 0 Å². The van der Waals surface area contributed by atoms with E-state index in [0.717, 1.165) is 5.56 Å². The molecule has 0 aliphatic rings. The predicted molar refractivity (Wildman–Crippen MR) is 85.5 cm³/mol. The minimum atomic E-state index is -0.492. The lowest BCUT2D eigenvalue weighted by molar-refractivity contribution is -0.384. The van der Waals surface area contributed by atoms with Crippen molar-refractivity contribution in [3.63, 3.8) is 0 Å². The first-order valence-electron chi connectivity index (χ1n) is 6.60. The lowest BCUT2D eigenvalue weighted by Gasteiger charge is -2.04. The molecule has 0 bridgehead atoms. The van der Waals surface area contributed by atoms with Gasteiger partial charge in [-0.15, -0.1) is 0 Å². The number of anilines is 1. The quantitative estimate of drug-likeness (QED) is 0.666. The summed E-state index contributed by atoms with van der Waals surface area (Å²) < 4.78 is 0. The van der Waals surface area contributed by atoms with Crippen LogP contribution < -0.4 is 10.6 Å². The zero-order valence-corrected chi connectivity index (χ0v) is 11.9. The van der Waals surface area contributed by atoms with Crippen molar-refractivity contribution in [1.82, 2.24) is 5.32 Å². The Morgan fingerprint density at radius 1 is 1.09 bits per heavy atom. The highest BCUT2D eigenvalue weighted by Gasteiger charge is 2.05. The largest absolute Gasteiger partial charge is 0.323 e. The van der Waals surface area contributed by atoms with Gasteiger partial charge in [-0.2, -0.15) is 0 Å². The maximum atomic E-state index is 11.7. The minimum Gasteiger partial charge on any atom is -0.314 e. The molecule has 2 rings (SSSR count). The van der Waals surface area contributed by atoms with Crippen LogP contribution in [0.3, 0.4) is 0 Å².